The number of rotatable bonds is 4. The van der Waals surface area contributed by atoms with Gasteiger partial charge in [0.05, 0.1) is 16.3 Å². The predicted octanol–water partition coefficient (Wildman–Crippen LogP) is 5.82. The molecule has 5 nitrogen and oxygen atoms in total. The standard InChI is InChI=1S/C20H18BrN3O2/c1-13-9-17(7-8-20(13)21)22-12-16-10-14(2)23(15(16)3)18-5-4-6-19(11-18)24(25)26/h4-12H,1-3H3. The number of non-ortho nitro benzene ring substituents is 1. The number of aryl methyl sites for hydroxylation is 2. The Bertz CT molecular complexity index is 1020. The molecule has 132 valence electrons. The average Bonchev–Trinajstić information content (AvgIpc) is 2.89. The molecule has 0 atom stereocenters. The lowest BCUT2D eigenvalue weighted by molar-refractivity contribution is -0.384. The van der Waals surface area contributed by atoms with Crippen LogP contribution in [0.25, 0.3) is 5.69 Å². The molecule has 0 saturated carbocycles. The van der Waals surface area contributed by atoms with Gasteiger partial charge in [0, 0.05) is 39.8 Å². The normalized spacial score (nSPS) is 11.2. The Kier molecular flexibility index (Phi) is 5.04. The molecule has 0 aliphatic rings. The van der Waals surface area contributed by atoms with Gasteiger partial charge in [-0.25, -0.2) is 0 Å². The zero-order valence-electron chi connectivity index (χ0n) is 14.7. The van der Waals surface area contributed by atoms with Crippen molar-refractivity contribution >= 4 is 33.5 Å². The molecule has 2 aromatic carbocycles. The van der Waals surface area contributed by atoms with Crippen LogP contribution in [0.5, 0.6) is 0 Å². The van der Waals surface area contributed by atoms with Crippen LogP contribution in [-0.4, -0.2) is 15.7 Å². The van der Waals surface area contributed by atoms with Gasteiger partial charge in [-0.05, 0) is 56.7 Å². The Hall–Kier alpha value is -2.73. The summed E-state index contributed by atoms with van der Waals surface area (Å²) in [5.41, 5.74) is 5.82. The van der Waals surface area contributed by atoms with Gasteiger partial charge in [-0.2, -0.15) is 0 Å². The Balaban J connectivity index is 1.98. The first kappa shape index (κ1) is 18.1. The van der Waals surface area contributed by atoms with E-state index >= 15 is 0 Å². The molecule has 0 spiro atoms. The Morgan fingerprint density at radius 2 is 1.88 bits per heavy atom. The Morgan fingerprint density at radius 3 is 2.58 bits per heavy atom. The zero-order chi connectivity index (χ0) is 18.8. The summed E-state index contributed by atoms with van der Waals surface area (Å²) in [6.45, 7) is 5.99. The summed E-state index contributed by atoms with van der Waals surface area (Å²) >= 11 is 3.49. The number of nitro benzene ring substituents is 1. The van der Waals surface area contributed by atoms with E-state index in [1.54, 1.807) is 12.1 Å². The van der Waals surface area contributed by atoms with Crippen molar-refractivity contribution in [2.45, 2.75) is 20.8 Å². The molecule has 26 heavy (non-hydrogen) atoms. The third-order valence-electron chi connectivity index (χ3n) is 4.26. The lowest BCUT2D eigenvalue weighted by atomic mass is 10.2. The van der Waals surface area contributed by atoms with E-state index in [1.807, 2.05) is 61.9 Å². The zero-order valence-corrected chi connectivity index (χ0v) is 16.3. The third kappa shape index (κ3) is 3.60. The number of aromatic nitrogens is 1. The molecule has 0 amide bonds. The number of aliphatic imine (C=N–C) groups is 1. The fourth-order valence-electron chi connectivity index (χ4n) is 2.91. The van der Waals surface area contributed by atoms with Crippen LogP contribution in [0.2, 0.25) is 0 Å². The van der Waals surface area contributed by atoms with Gasteiger partial charge in [0.25, 0.3) is 5.69 Å². The molecule has 0 fully saturated rings. The van der Waals surface area contributed by atoms with E-state index in [0.717, 1.165) is 38.4 Å². The van der Waals surface area contributed by atoms with Crippen molar-refractivity contribution in [3.63, 3.8) is 0 Å². The largest absolute Gasteiger partial charge is 0.318 e. The lowest BCUT2D eigenvalue weighted by Gasteiger charge is -2.09. The number of halogens is 1. The summed E-state index contributed by atoms with van der Waals surface area (Å²) in [5.74, 6) is 0. The highest BCUT2D eigenvalue weighted by atomic mass is 79.9. The molecule has 1 heterocycles. The molecule has 0 unspecified atom stereocenters. The van der Waals surface area contributed by atoms with Gasteiger partial charge in [0.2, 0.25) is 0 Å². The first-order valence-electron chi connectivity index (χ1n) is 8.11. The molecule has 0 aliphatic carbocycles. The van der Waals surface area contributed by atoms with Gasteiger partial charge < -0.3 is 4.57 Å². The summed E-state index contributed by atoms with van der Waals surface area (Å²) in [6.07, 6.45) is 1.83. The predicted molar refractivity (Wildman–Crippen MR) is 108 cm³/mol. The molecule has 1 aromatic heterocycles. The first-order valence-corrected chi connectivity index (χ1v) is 8.90. The van der Waals surface area contributed by atoms with Crippen LogP contribution in [0.1, 0.15) is 22.5 Å². The Labute approximate surface area is 160 Å². The van der Waals surface area contributed by atoms with E-state index in [4.69, 9.17) is 0 Å². The second-order valence-corrected chi connectivity index (χ2v) is 6.98. The molecule has 0 radical (unpaired) electrons. The molecule has 3 aromatic rings. The number of hydrogen-bond acceptors (Lipinski definition) is 3. The van der Waals surface area contributed by atoms with Crippen molar-refractivity contribution in [3.8, 4) is 5.69 Å². The average molecular weight is 412 g/mol. The van der Waals surface area contributed by atoms with Gasteiger partial charge >= 0.3 is 0 Å². The summed E-state index contributed by atoms with van der Waals surface area (Å²) in [5, 5.41) is 11.0. The number of nitrogens with zero attached hydrogens (tertiary/aromatic N) is 3. The fourth-order valence-corrected chi connectivity index (χ4v) is 3.16. The van der Waals surface area contributed by atoms with Gasteiger partial charge in [0.1, 0.15) is 0 Å². The van der Waals surface area contributed by atoms with Crippen LogP contribution < -0.4 is 0 Å². The quantitative estimate of drug-likeness (QED) is 0.308. The second-order valence-electron chi connectivity index (χ2n) is 6.13. The van der Waals surface area contributed by atoms with Gasteiger partial charge in [0.15, 0.2) is 0 Å². The van der Waals surface area contributed by atoms with Crippen LogP contribution in [0.3, 0.4) is 0 Å². The smallest absolute Gasteiger partial charge is 0.271 e. The second kappa shape index (κ2) is 7.25. The number of nitro groups is 1. The van der Waals surface area contributed by atoms with Crippen LogP contribution in [0.4, 0.5) is 11.4 Å². The van der Waals surface area contributed by atoms with Crippen molar-refractivity contribution < 1.29 is 4.92 Å². The van der Waals surface area contributed by atoms with E-state index in [2.05, 4.69) is 20.9 Å². The van der Waals surface area contributed by atoms with Crippen LogP contribution in [-0.2, 0) is 0 Å². The summed E-state index contributed by atoms with van der Waals surface area (Å²) in [6, 6.07) is 14.6. The maximum Gasteiger partial charge on any atom is 0.271 e. The maximum absolute atomic E-state index is 11.0. The SMILES string of the molecule is Cc1cc(N=Cc2cc(C)n(-c3cccc([N+](=O)[O-])c3)c2C)ccc1Br. The summed E-state index contributed by atoms with van der Waals surface area (Å²) in [7, 11) is 0. The highest BCUT2D eigenvalue weighted by Crippen LogP contribution is 2.25. The molecule has 0 bridgehead atoms. The highest BCUT2D eigenvalue weighted by Gasteiger charge is 2.12. The monoisotopic (exact) mass is 411 g/mol. The molecule has 3 rings (SSSR count). The van der Waals surface area contributed by atoms with E-state index in [-0.39, 0.29) is 10.6 Å². The maximum atomic E-state index is 11.0. The van der Waals surface area contributed by atoms with Gasteiger partial charge in [-0.1, -0.05) is 22.0 Å². The van der Waals surface area contributed by atoms with E-state index < -0.39 is 0 Å². The Morgan fingerprint density at radius 1 is 1.12 bits per heavy atom. The van der Waals surface area contributed by atoms with E-state index in [0.29, 0.717) is 0 Å². The van der Waals surface area contributed by atoms with Crippen LogP contribution in [0, 0.1) is 30.9 Å². The topological polar surface area (TPSA) is 60.4 Å². The van der Waals surface area contributed by atoms with Gasteiger partial charge in [-0.15, -0.1) is 0 Å². The molecule has 0 N–H and O–H groups in total. The van der Waals surface area contributed by atoms with Crippen molar-refractivity contribution in [2.24, 2.45) is 4.99 Å². The van der Waals surface area contributed by atoms with E-state index in [9.17, 15) is 10.1 Å². The molecular formula is C20H18BrN3O2. The first-order chi connectivity index (χ1) is 12.4. The van der Waals surface area contributed by atoms with E-state index in [1.165, 1.54) is 6.07 Å². The van der Waals surface area contributed by atoms with Crippen LogP contribution in [0.15, 0.2) is 58.0 Å². The summed E-state index contributed by atoms with van der Waals surface area (Å²) in [4.78, 5) is 15.2. The van der Waals surface area contributed by atoms with Crippen LogP contribution >= 0.6 is 15.9 Å². The van der Waals surface area contributed by atoms with Crippen molar-refractivity contribution in [1.29, 1.82) is 0 Å². The number of hydrogen-bond donors (Lipinski definition) is 0. The number of benzene rings is 2. The summed E-state index contributed by atoms with van der Waals surface area (Å²) < 4.78 is 3.06. The lowest BCUT2D eigenvalue weighted by Crippen LogP contribution is -2.00. The highest BCUT2D eigenvalue weighted by molar-refractivity contribution is 9.10. The molecule has 0 aliphatic heterocycles. The molecule has 0 saturated heterocycles. The minimum atomic E-state index is -0.379. The minimum Gasteiger partial charge on any atom is -0.318 e. The fraction of sp³-hybridized carbons (Fsp3) is 0.150. The van der Waals surface area contributed by atoms with Crippen molar-refractivity contribution in [1.82, 2.24) is 4.57 Å². The van der Waals surface area contributed by atoms with Crippen molar-refractivity contribution in [2.75, 3.05) is 0 Å². The molecular weight excluding hydrogens is 394 g/mol. The minimum absolute atomic E-state index is 0.0792. The third-order valence-corrected chi connectivity index (χ3v) is 5.15. The molecule has 6 heteroatoms. The van der Waals surface area contributed by atoms with Crippen molar-refractivity contribution in [3.05, 3.63) is 85.6 Å². The van der Waals surface area contributed by atoms with Gasteiger partial charge in [-0.3, -0.25) is 15.1 Å².